The van der Waals surface area contributed by atoms with Crippen LogP contribution in [0.5, 0.6) is 0 Å². The third-order valence-corrected chi connectivity index (χ3v) is 4.09. The number of nitrogens with one attached hydrogen (secondary N) is 2. The summed E-state index contributed by atoms with van der Waals surface area (Å²) in [6.07, 6.45) is 3.70. The Kier molecular flexibility index (Phi) is 4.71. The Bertz CT molecular complexity index is 669. The minimum absolute atomic E-state index is 0.0653. The van der Waals surface area contributed by atoms with Gasteiger partial charge in [-0.3, -0.25) is 4.79 Å². The Balaban J connectivity index is 1.60. The van der Waals surface area contributed by atoms with Gasteiger partial charge in [0.2, 0.25) is 11.8 Å². The molecule has 0 spiro atoms. The van der Waals surface area contributed by atoms with Gasteiger partial charge in [-0.25, -0.2) is 9.37 Å². The average Bonchev–Trinajstić information content (AvgIpc) is 2.98. The number of carbonyl (C=O) groups is 1. The van der Waals surface area contributed by atoms with Crippen molar-refractivity contribution in [2.75, 3.05) is 6.54 Å². The average molecular weight is 317 g/mol. The summed E-state index contributed by atoms with van der Waals surface area (Å²) in [5, 5.41) is 6.39. The van der Waals surface area contributed by atoms with Crippen LogP contribution in [0.15, 0.2) is 34.9 Å². The second-order valence-corrected chi connectivity index (χ2v) is 5.89. The molecule has 5 nitrogen and oxygen atoms in total. The van der Waals surface area contributed by atoms with E-state index in [1.54, 1.807) is 12.1 Å². The zero-order valence-electron chi connectivity index (χ0n) is 13.0. The molecule has 2 atom stereocenters. The lowest BCUT2D eigenvalue weighted by atomic mass is 10.00. The van der Waals surface area contributed by atoms with Crippen LogP contribution in [0.4, 0.5) is 4.39 Å². The van der Waals surface area contributed by atoms with Gasteiger partial charge in [0.15, 0.2) is 0 Å². The van der Waals surface area contributed by atoms with Crippen molar-refractivity contribution in [2.24, 2.45) is 0 Å². The first kappa shape index (κ1) is 15.7. The molecule has 2 N–H and O–H groups in total. The van der Waals surface area contributed by atoms with Crippen LogP contribution in [-0.2, 0) is 11.2 Å². The number of hydrogen-bond donors (Lipinski definition) is 2. The topological polar surface area (TPSA) is 67.2 Å². The first-order valence-corrected chi connectivity index (χ1v) is 7.85. The molecule has 122 valence electrons. The smallest absolute Gasteiger partial charge is 0.226 e. The number of aromatic nitrogens is 1. The van der Waals surface area contributed by atoms with Gasteiger partial charge in [-0.05, 0) is 50.6 Å². The van der Waals surface area contributed by atoms with Crippen LogP contribution in [-0.4, -0.2) is 29.5 Å². The van der Waals surface area contributed by atoms with Crippen molar-refractivity contribution in [2.45, 2.75) is 38.3 Å². The van der Waals surface area contributed by atoms with Gasteiger partial charge in [-0.15, -0.1) is 0 Å². The molecule has 0 aliphatic carbocycles. The van der Waals surface area contributed by atoms with Gasteiger partial charge in [-0.1, -0.05) is 0 Å². The second kappa shape index (κ2) is 6.91. The number of amides is 1. The fraction of sp³-hybridized carbons (Fsp3) is 0.412. The molecular formula is C17H20FN3O2. The van der Waals surface area contributed by atoms with E-state index in [0.717, 1.165) is 19.4 Å². The van der Waals surface area contributed by atoms with Crippen LogP contribution in [0.3, 0.4) is 0 Å². The zero-order valence-corrected chi connectivity index (χ0v) is 13.0. The van der Waals surface area contributed by atoms with Gasteiger partial charge in [-0.2, -0.15) is 0 Å². The van der Waals surface area contributed by atoms with Crippen LogP contribution < -0.4 is 10.6 Å². The van der Waals surface area contributed by atoms with Crippen LogP contribution in [0.1, 0.15) is 25.5 Å². The summed E-state index contributed by atoms with van der Waals surface area (Å²) >= 11 is 0. The Morgan fingerprint density at radius 1 is 1.43 bits per heavy atom. The normalized spacial score (nSPS) is 21.1. The predicted molar refractivity (Wildman–Crippen MR) is 84.2 cm³/mol. The summed E-state index contributed by atoms with van der Waals surface area (Å²) in [6, 6.07) is 6.33. The quantitative estimate of drug-likeness (QED) is 0.908. The van der Waals surface area contributed by atoms with Crippen molar-refractivity contribution in [3.05, 3.63) is 42.0 Å². The van der Waals surface area contributed by atoms with E-state index < -0.39 is 0 Å². The van der Waals surface area contributed by atoms with Gasteiger partial charge in [0.1, 0.15) is 12.1 Å². The first-order valence-electron chi connectivity index (χ1n) is 7.85. The highest BCUT2D eigenvalue weighted by molar-refractivity contribution is 5.78. The monoisotopic (exact) mass is 317 g/mol. The molecule has 2 heterocycles. The lowest BCUT2D eigenvalue weighted by Crippen LogP contribution is -2.52. The molecule has 23 heavy (non-hydrogen) atoms. The van der Waals surface area contributed by atoms with E-state index in [-0.39, 0.29) is 30.2 Å². The summed E-state index contributed by atoms with van der Waals surface area (Å²) in [7, 11) is 0. The largest absolute Gasteiger partial charge is 0.444 e. The van der Waals surface area contributed by atoms with Gasteiger partial charge in [0.25, 0.3) is 0 Å². The minimum Gasteiger partial charge on any atom is -0.444 e. The third-order valence-electron chi connectivity index (χ3n) is 4.09. The molecule has 1 amide bonds. The molecular weight excluding hydrogens is 297 g/mol. The highest BCUT2D eigenvalue weighted by atomic mass is 19.1. The standard InChI is InChI=1S/C17H20FN3O2/c1-11-15(3-2-8-19-11)21-16(22)9-14-10-23-17(20-14)12-4-6-13(18)7-5-12/h4-7,10-11,15,19H,2-3,8-9H2,1H3,(H,21,22). The highest BCUT2D eigenvalue weighted by Crippen LogP contribution is 2.19. The molecule has 1 saturated heterocycles. The maximum absolute atomic E-state index is 12.9. The molecule has 0 saturated carbocycles. The number of nitrogens with zero attached hydrogens (tertiary/aromatic N) is 1. The molecule has 0 bridgehead atoms. The van der Waals surface area contributed by atoms with Crippen molar-refractivity contribution in [1.82, 2.24) is 15.6 Å². The molecule has 1 aromatic carbocycles. The molecule has 3 rings (SSSR count). The molecule has 2 aromatic rings. The fourth-order valence-electron chi connectivity index (χ4n) is 2.78. The van der Waals surface area contributed by atoms with E-state index in [9.17, 15) is 9.18 Å². The first-order chi connectivity index (χ1) is 11.1. The van der Waals surface area contributed by atoms with E-state index in [1.165, 1.54) is 18.4 Å². The summed E-state index contributed by atoms with van der Waals surface area (Å²) in [6.45, 7) is 3.07. The highest BCUT2D eigenvalue weighted by Gasteiger charge is 2.22. The summed E-state index contributed by atoms with van der Waals surface area (Å²) < 4.78 is 18.3. The number of halogens is 1. The number of hydrogen-bond acceptors (Lipinski definition) is 4. The predicted octanol–water partition coefficient (Wildman–Crippen LogP) is 2.28. The molecule has 0 radical (unpaired) electrons. The van der Waals surface area contributed by atoms with Crippen molar-refractivity contribution in [3.8, 4) is 11.5 Å². The van der Waals surface area contributed by atoms with E-state index in [1.807, 2.05) is 0 Å². The number of piperidine rings is 1. The Morgan fingerprint density at radius 3 is 2.96 bits per heavy atom. The van der Waals surface area contributed by atoms with Gasteiger partial charge < -0.3 is 15.1 Å². The molecule has 6 heteroatoms. The van der Waals surface area contributed by atoms with Gasteiger partial charge in [0.05, 0.1) is 12.1 Å². The molecule has 1 aliphatic rings. The van der Waals surface area contributed by atoms with Crippen LogP contribution in [0.2, 0.25) is 0 Å². The van der Waals surface area contributed by atoms with Crippen LogP contribution in [0.25, 0.3) is 11.5 Å². The second-order valence-electron chi connectivity index (χ2n) is 5.89. The molecule has 1 fully saturated rings. The molecule has 1 aliphatic heterocycles. The maximum atomic E-state index is 12.9. The minimum atomic E-state index is -0.310. The number of benzene rings is 1. The molecule has 1 aromatic heterocycles. The van der Waals surface area contributed by atoms with Crippen molar-refractivity contribution in [3.63, 3.8) is 0 Å². The van der Waals surface area contributed by atoms with Crippen molar-refractivity contribution >= 4 is 5.91 Å². The number of rotatable bonds is 4. The van der Waals surface area contributed by atoms with Crippen molar-refractivity contribution < 1.29 is 13.6 Å². The van der Waals surface area contributed by atoms with Gasteiger partial charge >= 0.3 is 0 Å². The third kappa shape index (κ3) is 3.96. The molecule has 2 unspecified atom stereocenters. The van der Waals surface area contributed by atoms with E-state index >= 15 is 0 Å². The van der Waals surface area contributed by atoms with Crippen molar-refractivity contribution in [1.29, 1.82) is 0 Å². The van der Waals surface area contributed by atoms with Gasteiger partial charge in [0, 0.05) is 17.6 Å². The lowest BCUT2D eigenvalue weighted by molar-refractivity contribution is -0.121. The maximum Gasteiger partial charge on any atom is 0.226 e. The Hall–Kier alpha value is -2.21. The Morgan fingerprint density at radius 2 is 2.22 bits per heavy atom. The fourth-order valence-corrected chi connectivity index (χ4v) is 2.78. The Labute approximate surface area is 134 Å². The van der Waals surface area contributed by atoms with Crippen LogP contribution >= 0.6 is 0 Å². The SMILES string of the molecule is CC1NCCCC1NC(=O)Cc1coc(-c2ccc(F)cc2)n1. The zero-order chi connectivity index (χ0) is 16.2. The summed E-state index contributed by atoms with van der Waals surface area (Å²) in [4.78, 5) is 16.4. The summed E-state index contributed by atoms with van der Waals surface area (Å²) in [5.41, 5.74) is 1.25. The van der Waals surface area contributed by atoms with E-state index in [0.29, 0.717) is 17.1 Å². The summed E-state index contributed by atoms with van der Waals surface area (Å²) in [5.74, 6) is 0.0140. The van der Waals surface area contributed by atoms with E-state index in [4.69, 9.17) is 4.42 Å². The number of oxazole rings is 1. The van der Waals surface area contributed by atoms with E-state index in [2.05, 4.69) is 22.5 Å². The number of carbonyl (C=O) groups excluding carboxylic acids is 1. The van der Waals surface area contributed by atoms with Crippen LogP contribution in [0, 0.1) is 5.82 Å². The lowest BCUT2D eigenvalue weighted by Gasteiger charge is -2.30.